The standard InChI is InChI=1S/C22H16FN3O3/c23-14-10-8-13(9-11-14)20(27)19-18-17(16-7-4-12-24-26(16)19)21(28)25(22(18)29)15-5-2-1-3-6-15/h1-12,16-19H/t16-,17-,18+,19-/m0/s1. The van der Waals surface area contributed by atoms with Crippen LogP contribution in [0.4, 0.5) is 10.1 Å². The summed E-state index contributed by atoms with van der Waals surface area (Å²) in [7, 11) is 0. The summed E-state index contributed by atoms with van der Waals surface area (Å²) in [4.78, 5) is 41.0. The van der Waals surface area contributed by atoms with Crippen molar-refractivity contribution in [2.24, 2.45) is 16.9 Å². The van der Waals surface area contributed by atoms with Gasteiger partial charge in [0, 0.05) is 11.8 Å². The van der Waals surface area contributed by atoms with E-state index in [1.165, 1.54) is 35.4 Å². The SMILES string of the molecule is O=C(c1ccc(F)cc1)[C@@H]1[C@@H]2C(=O)N(c3ccccc3)C(=O)[C@H]2[C@@H]2C=CC=NN12. The molecule has 7 heteroatoms. The monoisotopic (exact) mass is 389 g/mol. The lowest BCUT2D eigenvalue weighted by molar-refractivity contribution is -0.123. The van der Waals surface area contributed by atoms with Crippen LogP contribution in [0.2, 0.25) is 0 Å². The van der Waals surface area contributed by atoms with Gasteiger partial charge in [-0.25, -0.2) is 9.29 Å². The molecule has 144 valence electrons. The van der Waals surface area contributed by atoms with Gasteiger partial charge in [-0.1, -0.05) is 24.3 Å². The number of carbonyl (C=O) groups is 3. The van der Waals surface area contributed by atoms with Crippen LogP contribution in [0, 0.1) is 17.7 Å². The molecule has 0 unspecified atom stereocenters. The molecule has 3 aliphatic rings. The number of para-hydroxylation sites is 1. The van der Waals surface area contributed by atoms with Crippen LogP contribution >= 0.6 is 0 Å². The van der Waals surface area contributed by atoms with Gasteiger partial charge in [-0.2, -0.15) is 5.10 Å². The third-order valence-electron chi connectivity index (χ3n) is 5.70. The molecule has 0 radical (unpaired) electrons. The average Bonchev–Trinajstić information content (AvgIpc) is 3.22. The van der Waals surface area contributed by atoms with Crippen LogP contribution in [0.25, 0.3) is 0 Å². The zero-order chi connectivity index (χ0) is 20.1. The largest absolute Gasteiger partial charge is 0.292 e. The molecule has 0 N–H and O–H groups in total. The minimum Gasteiger partial charge on any atom is -0.292 e. The Kier molecular flexibility index (Phi) is 3.91. The molecule has 2 fully saturated rings. The van der Waals surface area contributed by atoms with E-state index in [1.54, 1.807) is 47.5 Å². The van der Waals surface area contributed by atoms with Crippen molar-refractivity contribution in [3.05, 3.63) is 78.1 Å². The van der Waals surface area contributed by atoms with Gasteiger partial charge in [0.25, 0.3) is 0 Å². The highest BCUT2D eigenvalue weighted by molar-refractivity contribution is 6.24. The molecule has 0 spiro atoms. The second-order valence-corrected chi connectivity index (χ2v) is 7.24. The minimum atomic E-state index is -0.929. The summed E-state index contributed by atoms with van der Waals surface area (Å²) >= 11 is 0. The maximum atomic E-state index is 13.3. The number of carbonyl (C=O) groups excluding carboxylic acids is 3. The summed E-state index contributed by atoms with van der Waals surface area (Å²) in [5.41, 5.74) is 0.763. The fourth-order valence-electron chi connectivity index (χ4n) is 4.45. The Morgan fingerprint density at radius 1 is 0.931 bits per heavy atom. The Bertz CT molecular complexity index is 1060. The van der Waals surface area contributed by atoms with Crippen LogP contribution < -0.4 is 4.90 Å². The van der Waals surface area contributed by atoms with Gasteiger partial charge in [0.1, 0.15) is 11.9 Å². The van der Waals surface area contributed by atoms with Crippen LogP contribution in [-0.2, 0) is 9.59 Å². The highest BCUT2D eigenvalue weighted by atomic mass is 19.1. The molecule has 3 aliphatic heterocycles. The molecule has 0 bridgehead atoms. The summed E-state index contributed by atoms with van der Waals surface area (Å²) in [6.45, 7) is 0. The molecule has 2 saturated heterocycles. The van der Waals surface area contributed by atoms with Gasteiger partial charge in [-0.15, -0.1) is 0 Å². The van der Waals surface area contributed by atoms with E-state index in [1.807, 2.05) is 0 Å². The number of hydrogen-bond donors (Lipinski definition) is 0. The molecule has 3 heterocycles. The van der Waals surface area contributed by atoms with Gasteiger partial charge in [-0.05, 0) is 42.5 Å². The average molecular weight is 389 g/mol. The highest BCUT2D eigenvalue weighted by Crippen LogP contribution is 2.46. The molecule has 4 atom stereocenters. The van der Waals surface area contributed by atoms with Crippen LogP contribution in [0.1, 0.15) is 10.4 Å². The molecule has 5 rings (SSSR count). The maximum absolute atomic E-state index is 13.3. The zero-order valence-corrected chi connectivity index (χ0v) is 15.2. The summed E-state index contributed by atoms with van der Waals surface area (Å²) < 4.78 is 13.3. The fourth-order valence-corrected chi connectivity index (χ4v) is 4.45. The predicted octanol–water partition coefficient (Wildman–Crippen LogP) is 2.42. The summed E-state index contributed by atoms with van der Waals surface area (Å²) in [5.74, 6) is -3.12. The van der Waals surface area contributed by atoms with Crippen molar-refractivity contribution in [2.45, 2.75) is 12.1 Å². The quantitative estimate of drug-likeness (QED) is 0.597. The van der Waals surface area contributed by atoms with E-state index < -0.39 is 35.6 Å². The number of anilines is 1. The van der Waals surface area contributed by atoms with Gasteiger partial charge >= 0.3 is 0 Å². The molecular formula is C22H16FN3O3. The van der Waals surface area contributed by atoms with Gasteiger partial charge in [0.05, 0.1) is 23.6 Å². The van der Waals surface area contributed by atoms with E-state index in [0.717, 1.165) is 0 Å². The maximum Gasteiger partial charge on any atom is 0.240 e. The van der Waals surface area contributed by atoms with Gasteiger partial charge in [0.2, 0.25) is 11.8 Å². The van der Waals surface area contributed by atoms with Gasteiger partial charge in [-0.3, -0.25) is 19.4 Å². The Hall–Kier alpha value is -3.61. The number of Topliss-reactive ketones (excluding diaryl/α,β-unsaturated/α-hetero) is 1. The van der Waals surface area contributed by atoms with Crippen LogP contribution in [0.5, 0.6) is 0 Å². The second kappa shape index (κ2) is 6.48. The van der Waals surface area contributed by atoms with Crippen molar-refractivity contribution < 1.29 is 18.8 Å². The van der Waals surface area contributed by atoms with E-state index in [-0.39, 0.29) is 17.3 Å². The first kappa shape index (κ1) is 17.5. The number of allylic oxidation sites excluding steroid dienone is 1. The Balaban J connectivity index is 1.58. The van der Waals surface area contributed by atoms with Crippen LogP contribution in [-0.4, -0.2) is 40.9 Å². The molecule has 2 aromatic carbocycles. The second-order valence-electron chi connectivity index (χ2n) is 7.24. The number of halogens is 1. The molecule has 0 aliphatic carbocycles. The van der Waals surface area contributed by atoms with Crippen molar-refractivity contribution in [1.29, 1.82) is 0 Å². The normalized spacial score (nSPS) is 27.3. The first-order valence-electron chi connectivity index (χ1n) is 9.29. The Labute approximate surface area is 165 Å². The zero-order valence-electron chi connectivity index (χ0n) is 15.2. The number of hydrogen-bond acceptors (Lipinski definition) is 5. The van der Waals surface area contributed by atoms with E-state index in [9.17, 15) is 18.8 Å². The first-order valence-corrected chi connectivity index (χ1v) is 9.29. The lowest BCUT2D eigenvalue weighted by Gasteiger charge is -2.30. The molecule has 0 saturated carbocycles. The molecule has 0 aromatic heterocycles. The molecule has 29 heavy (non-hydrogen) atoms. The first-order chi connectivity index (χ1) is 14.1. The van der Waals surface area contributed by atoms with Gasteiger partial charge < -0.3 is 0 Å². The Morgan fingerprint density at radius 2 is 1.62 bits per heavy atom. The number of amides is 2. The number of imide groups is 1. The molecule has 2 amide bonds. The highest BCUT2D eigenvalue weighted by Gasteiger charge is 2.64. The predicted molar refractivity (Wildman–Crippen MR) is 104 cm³/mol. The van der Waals surface area contributed by atoms with Crippen molar-refractivity contribution in [3.63, 3.8) is 0 Å². The van der Waals surface area contributed by atoms with Crippen molar-refractivity contribution in [2.75, 3.05) is 4.90 Å². The molecular weight excluding hydrogens is 373 g/mol. The van der Waals surface area contributed by atoms with Gasteiger partial charge in [0.15, 0.2) is 5.78 Å². The number of benzene rings is 2. The molecule has 2 aromatic rings. The van der Waals surface area contributed by atoms with Crippen LogP contribution in [0.3, 0.4) is 0 Å². The summed E-state index contributed by atoms with van der Waals surface area (Å²) in [6, 6.07) is 12.5. The lowest BCUT2D eigenvalue weighted by atomic mass is 9.86. The number of rotatable bonds is 3. The third-order valence-corrected chi connectivity index (χ3v) is 5.70. The van der Waals surface area contributed by atoms with E-state index in [4.69, 9.17) is 0 Å². The fraction of sp³-hybridized carbons (Fsp3) is 0.182. The smallest absolute Gasteiger partial charge is 0.240 e. The minimum absolute atomic E-state index is 0.277. The third kappa shape index (κ3) is 2.54. The summed E-state index contributed by atoms with van der Waals surface area (Å²) in [6.07, 6.45) is 5.04. The van der Waals surface area contributed by atoms with E-state index in [0.29, 0.717) is 5.69 Å². The van der Waals surface area contributed by atoms with Crippen molar-refractivity contribution >= 4 is 29.5 Å². The lowest BCUT2D eigenvalue weighted by Crippen LogP contribution is -2.46. The van der Waals surface area contributed by atoms with E-state index in [2.05, 4.69) is 5.10 Å². The number of nitrogens with zero attached hydrogens (tertiary/aromatic N) is 3. The number of hydrazone groups is 1. The van der Waals surface area contributed by atoms with E-state index >= 15 is 0 Å². The summed E-state index contributed by atoms with van der Waals surface area (Å²) in [5, 5.41) is 5.83. The van der Waals surface area contributed by atoms with Crippen molar-refractivity contribution in [1.82, 2.24) is 5.01 Å². The Morgan fingerprint density at radius 3 is 2.34 bits per heavy atom. The number of fused-ring (bicyclic) bond motifs is 3. The molecule has 6 nitrogen and oxygen atoms in total. The van der Waals surface area contributed by atoms with Crippen LogP contribution in [0.15, 0.2) is 71.9 Å². The van der Waals surface area contributed by atoms with Crippen molar-refractivity contribution in [3.8, 4) is 0 Å². The topological polar surface area (TPSA) is 70.0 Å². The number of ketones is 1.